The molecule has 0 aliphatic carbocycles. The summed E-state index contributed by atoms with van der Waals surface area (Å²) >= 11 is 4.92. The molecule has 0 aromatic carbocycles. The van der Waals surface area contributed by atoms with Gasteiger partial charge in [0.2, 0.25) is 0 Å². The van der Waals surface area contributed by atoms with Crippen LogP contribution in [0.2, 0.25) is 0 Å². The number of hydrogen-bond acceptors (Lipinski definition) is 3. The maximum Gasteiger partial charge on any atom is 0.0869 e. The van der Waals surface area contributed by atoms with Gasteiger partial charge in [-0.2, -0.15) is 0 Å². The molecule has 1 unspecified atom stereocenters. The fourth-order valence-corrected chi connectivity index (χ4v) is 2.42. The molecule has 13 heavy (non-hydrogen) atoms. The molecule has 2 N–H and O–H groups in total. The van der Waals surface area contributed by atoms with Crippen molar-refractivity contribution in [1.82, 2.24) is 0 Å². The van der Waals surface area contributed by atoms with Gasteiger partial charge in [-0.1, -0.05) is 0 Å². The lowest BCUT2D eigenvalue weighted by atomic mass is 9.99. The largest absolute Gasteiger partial charge is 0.390 e. The second-order valence-electron chi connectivity index (χ2n) is 3.58. The number of thiophene rings is 1. The van der Waals surface area contributed by atoms with E-state index >= 15 is 0 Å². The average molecular weight is 265 g/mol. The third-order valence-corrected chi connectivity index (χ3v) is 3.48. The third kappa shape index (κ3) is 3.38. The van der Waals surface area contributed by atoms with Crippen molar-refractivity contribution in [3.63, 3.8) is 0 Å². The van der Waals surface area contributed by atoms with Crippen molar-refractivity contribution in [3.05, 3.63) is 20.8 Å². The molecule has 1 heterocycles. The molecule has 1 atom stereocenters. The van der Waals surface area contributed by atoms with Gasteiger partial charge in [0.1, 0.15) is 0 Å². The molecule has 1 aromatic heterocycles. The Kier molecular flexibility index (Phi) is 3.51. The van der Waals surface area contributed by atoms with Crippen LogP contribution in [0.3, 0.4) is 0 Å². The van der Waals surface area contributed by atoms with Gasteiger partial charge in [-0.05, 0) is 41.9 Å². The van der Waals surface area contributed by atoms with Gasteiger partial charge in [-0.15, -0.1) is 11.3 Å². The Balaban J connectivity index is 2.60. The van der Waals surface area contributed by atoms with Crippen LogP contribution in [0.15, 0.2) is 15.9 Å². The predicted molar refractivity (Wildman–Crippen MR) is 58.0 cm³/mol. The highest BCUT2D eigenvalue weighted by Crippen LogP contribution is 2.24. The Bertz CT molecular complexity index is 277. The molecule has 0 amide bonds. The summed E-state index contributed by atoms with van der Waals surface area (Å²) in [6, 6.07) is 3.89. The lowest BCUT2D eigenvalue weighted by molar-refractivity contribution is -0.0465. The second-order valence-corrected chi connectivity index (χ2v) is 6.13. The van der Waals surface area contributed by atoms with E-state index in [2.05, 4.69) is 15.9 Å². The van der Waals surface area contributed by atoms with Crippen molar-refractivity contribution >= 4 is 27.3 Å². The van der Waals surface area contributed by atoms with Crippen LogP contribution in [0.1, 0.15) is 18.7 Å². The molecule has 4 heteroatoms. The van der Waals surface area contributed by atoms with E-state index in [1.165, 1.54) is 0 Å². The van der Waals surface area contributed by atoms with Crippen LogP contribution in [0.25, 0.3) is 0 Å². The van der Waals surface area contributed by atoms with E-state index in [1.807, 2.05) is 12.1 Å². The molecule has 0 spiro atoms. The molecule has 0 radical (unpaired) electrons. The molecule has 0 fully saturated rings. The molecule has 0 aliphatic rings. The topological polar surface area (TPSA) is 40.5 Å². The summed E-state index contributed by atoms with van der Waals surface area (Å²) in [7, 11) is 0. The Labute approximate surface area is 90.4 Å². The predicted octanol–water partition coefficient (Wildman–Crippen LogP) is 2.18. The van der Waals surface area contributed by atoms with Crippen LogP contribution in [0.4, 0.5) is 0 Å². The minimum atomic E-state index is -1.03. The average Bonchev–Trinajstić information content (AvgIpc) is 2.33. The minimum Gasteiger partial charge on any atom is -0.390 e. The van der Waals surface area contributed by atoms with E-state index in [4.69, 9.17) is 0 Å². The Hall–Kier alpha value is 0.1000. The highest BCUT2D eigenvalue weighted by Gasteiger charge is 2.24. The molecule has 2 nitrogen and oxygen atoms in total. The van der Waals surface area contributed by atoms with Gasteiger partial charge in [0.15, 0.2) is 0 Å². The van der Waals surface area contributed by atoms with Gasteiger partial charge in [-0.3, -0.25) is 0 Å². The zero-order chi connectivity index (χ0) is 10.1. The smallest absolute Gasteiger partial charge is 0.0869 e. The Morgan fingerprint density at radius 3 is 2.54 bits per heavy atom. The van der Waals surface area contributed by atoms with Crippen LogP contribution in [-0.4, -0.2) is 21.9 Å². The fourth-order valence-electron chi connectivity index (χ4n) is 0.902. The maximum atomic E-state index is 9.59. The van der Waals surface area contributed by atoms with Crippen molar-refractivity contribution in [1.29, 1.82) is 0 Å². The molecule has 1 rings (SSSR count). The summed E-state index contributed by atoms with van der Waals surface area (Å²) in [4.78, 5) is 1.07. The lowest BCUT2D eigenvalue weighted by Crippen LogP contribution is -2.37. The Morgan fingerprint density at radius 1 is 1.54 bits per heavy atom. The molecule has 0 bridgehead atoms. The molecular weight excluding hydrogens is 252 g/mol. The van der Waals surface area contributed by atoms with Gasteiger partial charge in [0.05, 0.1) is 15.5 Å². The van der Waals surface area contributed by atoms with Crippen LogP contribution >= 0.6 is 27.3 Å². The first-order valence-electron chi connectivity index (χ1n) is 4.04. The van der Waals surface area contributed by atoms with Crippen LogP contribution in [0.5, 0.6) is 0 Å². The zero-order valence-electron chi connectivity index (χ0n) is 7.62. The summed E-state index contributed by atoms with van der Waals surface area (Å²) in [5, 5.41) is 19.1. The molecule has 1 aromatic rings. The monoisotopic (exact) mass is 264 g/mol. The van der Waals surface area contributed by atoms with Crippen LogP contribution in [0, 0.1) is 0 Å². The zero-order valence-corrected chi connectivity index (χ0v) is 10.0. The highest BCUT2D eigenvalue weighted by molar-refractivity contribution is 9.11. The van der Waals surface area contributed by atoms with E-state index in [0.29, 0.717) is 6.42 Å². The molecule has 0 saturated heterocycles. The van der Waals surface area contributed by atoms with E-state index in [0.717, 1.165) is 8.66 Å². The van der Waals surface area contributed by atoms with E-state index in [9.17, 15) is 10.2 Å². The van der Waals surface area contributed by atoms with Crippen LogP contribution < -0.4 is 0 Å². The molecular formula is C9H13BrO2S. The van der Waals surface area contributed by atoms with Gasteiger partial charge in [0.25, 0.3) is 0 Å². The van der Waals surface area contributed by atoms with Crippen molar-refractivity contribution in [3.8, 4) is 0 Å². The van der Waals surface area contributed by atoms with E-state index < -0.39 is 11.7 Å². The molecule has 0 aliphatic heterocycles. The first-order chi connectivity index (χ1) is 5.89. The molecule has 0 saturated carbocycles. The van der Waals surface area contributed by atoms with Crippen molar-refractivity contribution in [2.24, 2.45) is 0 Å². The summed E-state index contributed by atoms with van der Waals surface area (Å²) in [6.45, 7) is 3.22. The normalized spacial score (nSPS) is 14.5. The summed E-state index contributed by atoms with van der Waals surface area (Å²) in [5.74, 6) is 0. The summed E-state index contributed by atoms with van der Waals surface area (Å²) in [5.41, 5.74) is -1.03. The maximum absolute atomic E-state index is 9.59. The van der Waals surface area contributed by atoms with E-state index in [1.54, 1.807) is 25.2 Å². The van der Waals surface area contributed by atoms with Gasteiger partial charge in [-0.25, -0.2) is 0 Å². The quantitative estimate of drug-likeness (QED) is 0.879. The Morgan fingerprint density at radius 2 is 2.15 bits per heavy atom. The van der Waals surface area contributed by atoms with E-state index in [-0.39, 0.29) is 0 Å². The number of aliphatic hydroxyl groups is 2. The number of hydrogen-bond donors (Lipinski definition) is 2. The van der Waals surface area contributed by atoms with Crippen molar-refractivity contribution < 1.29 is 10.2 Å². The first kappa shape index (κ1) is 11.2. The first-order valence-corrected chi connectivity index (χ1v) is 5.65. The second kappa shape index (κ2) is 4.09. The third-order valence-electron chi connectivity index (χ3n) is 1.84. The SMILES string of the molecule is CC(C)(O)C(O)Cc1ccc(Br)s1. The lowest BCUT2D eigenvalue weighted by Gasteiger charge is -2.23. The van der Waals surface area contributed by atoms with Gasteiger partial charge >= 0.3 is 0 Å². The fraction of sp³-hybridized carbons (Fsp3) is 0.556. The van der Waals surface area contributed by atoms with Crippen molar-refractivity contribution in [2.75, 3.05) is 0 Å². The minimum absolute atomic E-state index is 0.500. The number of aliphatic hydroxyl groups excluding tert-OH is 1. The van der Waals surface area contributed by atoms with Crippen molar-refractivity contribution in [2.45, 2.75) is 32.0 Å². The molecule has 74 valence electrons. The summed E-state index contributed by atoms with van der Waals surface area (Å²) < 4.78 is 1.05. The summed E-state index contributed by atoms with van der Waals surface area (Å²) in [6.07, 6.45) is -0.210. The van der Waals surface area contributed by atoms with Gasteiger partial charge < -0.3 is 10.2 Å². The van der Waals surface area contributed by atoms with Crippen LogP contribution in [-0.2, 0) is 6.42 Å². The number of halogens is 1. The standard InChI is InChI=1S/C9H13BrO2S/c1-9(2,12)7(11)5-6-3-4-8(10)13-6/h3-4,7,11-12H,5H2,1-2H3. The number of rotatable bonds is 3. The van der Waals surface area contributed by atoms with Gasteiger partial charge in [0, 0.05) is 11.3 Å². The highest BCUT2D eigenvalue weighted by atomic mass is 79.9.